The quantitative estimate of drug-likeness (QED) is 0.683. The number of aliphatic hydroxyl groups is 1. The van der Waals surface area contributed by atoms with Gasteiger partial charge in [-0.25, -0.2) is 0 Å². The molecule has 94 valence electrons. The van der Waals surface area contributed by atoms with E-state index >= 15 is 0 Å². The van der Waals surface area contributed by atoms with Crippen LogP contribution in [0.3, 0.4) is 0 Å². The topological polar surface area (TPSA) is 57.5 Å². The lowest BCUT2D eigenvalue weighted by Gasteiger charge is -2.24. The maximum Gasteiger partial charge on any atom is 0.217 e. The number of hydrogen-bond donors (Lipinski definition) is 3. The van der Waals surface area contributed by atoms with Gasteiger partial charge in [-0.1, -0.05) is 31.9 Å². The summed E-state index contributed by atoms with van der Waals surface area (Å²) in [6.45, 7) is 2.00. The van der Waals surface area contributed by atoms with Gasteiger partial charge in [0.15, 0.2) is 0 Å². The van der Waals surface area contributed by atoms with E-state index in [9.17, 15) is 9.90 Å². The molecule has 0 bridgehead atoms. The van der Waals surface area contributed by atoms with E-state index in [1.165, 1.54) is 0 Å². The minimum Gasteiger partial charge on any atom is -0.508 e. The number of carbonyl (C=O) groups is 1. The summed E-state index contributed by atoms with van der Waals surface area (Å²) in [5.74, 6) is 0.169. The molecule has 17 heavy (non-hydrogen) atoms. The molecule has 0 saturated heterocycles. The van der Waals surface area contributed by atoms with E-state index in [1.807, 2.05) is 6.92 Å². The van der Waals surface area contributed by atoms with Crippen LogP contribution in [-0.4, -0.2) is 20.9 Å². The lowest BCUT2D eigenvalue weighted by atomic mass is 9.90. The Morgan fingerprint density at radius 2 is 1.94 bits per heavy atom. The minimum atomic E-state index is -1.41. The van der Waals surface area contributed by atoms with E-state index in [2.05, 4.69) is 12.6 Å². The van der Waals surface area contributed by atoms with Crippen molar-refractivity contribution in [3.8, 4) is 5.75 Å². The molecule has 0 spiro atoms. The van der Waals surface area contributed by atoms with Crippen molar-refractivity contribution in [2.24, 2.45) is 0 Å². The number of carbonyl (C=O) groups excluding carboxylic acids is 1. The number of aromatic hydroxyl groups is 1. The molecule has 0 fully saturated rings. The highest BCUT2D eigenvalue weighted by molar-refractivity contribution is 7.96. The van der Waals surface area contributed by atoms with Crippen LogP contribution in [0.4, 0.5) is 0 Å². The van der Waals surface area contributed by atoms with Crippen molar-refractivity contribution in [3.05, 3.63) is 29.8 Å². The summed E-state index contributed by atoms with van der Waals surface area (Å²) < 4.78 is 0. The first-order valence-electron chi connectivity index (χ1n) is 5.71. The summed E-state index contributed by atoms with van der Waals surface area (Å²) in [6.07, 6.45) is 2.34. The normalized spacial score (nSPS) is 14.3. The van der Waals surface area contributed by atoms with Crippen molar-refractivity contribution in [2.75, 3.05) is 0 Å². The molecule has 0 aliphatic rings. The van der Waals surface area contributed by atoms with Crippen LogP contribution >= 0.6 is 12.6 Å². The van der Waals surface area contributed by atoms with Crippen LogP contribution in [0, 0.1) is 0 Å². The Bertz CT molecular complexity index is 375. The highest BCUT2D eigenvalue weighted by Gasteiger charge is 2.32. The Kier molecular flexibility index (Phi) is 5.02. The summed E-state index contributed by atoms with van der Waals surface area (Å²) in [5, 5.41) is 18.9. The highest BCUT2D eigenvalue weighted by atomic mass is 32.1. The first-order valence-corrected chi connectivity index (χ1v) is 6.16. The summed E-state index contributed by atoms with van der Waals surface area (Å²) >= 11 is 3.76. The maximum absolute atomic E-state index is 11.4. The molecule has 0 heterocycles. The van der Waals surface area contributed by atoms with Crippen molar-refractivity contribution >= 4 is 17.7 Å². The first-order chi connectivity index (χ1) is 7.98. The van der Waals surface area contributed by atoms with Crippen LogP contribution in [-0.2, 0) is 11.2 Å². The molecule has 3 nitrogen and oxygen atoms in total. The second-order valence-electron chi connectivity index (χ2n) is 4.28. The van der Waals surface area contributed by atoms with Gasteiger partial charge in [-0.15, -0.1) is 12.6 Å². The van der Waals surface area contributed by atoms with Crippen LogP contribution in [0.2, 0.25) is 0 Å². The Labute approximate surface area is 107 Å². The summed E-state index contributed by atoms with van der Waals surface area (Å²) in [6, 6.07) is 6.48. The van der Waals surface area contributed by atoms with Gasteiger partial charge < -0.3 is 10.2 Å². The number of unbranched alkanes of at least 4 members (excludes halogenated alkanes) is 1. The molecule has 1 unspecified atom stereocenters. The van der Waals surface area contributed by atoms with E-state index in [0.29, 0.717) is 6.42 Å². The Hall–Kier alpha value is -1.000. The third-order valence-corrected chi connectivity index (χ3v) is 3.19. The SMILES string of the molecule is CCCCC(O)(Cc1ccc(O)cc1)C(=O)S. The molecule has 0 amide bonds. The maximum atomic E-state index is 11.4. The van der Waals surface area contributed by atoms with Gasteiger partial charge in [0, 0.05) is 6.42 Å². The highest BCUT2D eigenvalue weighted by Crippen LogP contribution is 2.23. The molecule has 0 radical (unpaired) electrons. The Morgan fingerprint density at radius 3 is 2.41 bits per heavy atom. The molecule has 2 N–H and O–H groups in total. The van der Waals surface area contributed by atoms with Crippen molar-refractivity contribution in [1.29, 1.82) is 0 Å². The zero-order chi connectivity index (χ0) is 12.9. The molecular weight excluding hydrogens is 236 g/mol. The average molecular weight is 254 g/mol. The Balaban J connectivity index is 2.79. The molecule has 1 aromatic carbocycles. The lowest BCUT2D eigenvalue weighted by Crippen LogP contribution is -2.38. The second kappa shape index (κ2) is 6.07. The molecule has 4 heteroatoms. The molecule has 0 aliphatic heterocycles. The largest absolute Gasteiger partial charge is 0.508 e. The zero-order valence-electron chi connectivity index (χ0n) is 9.89. The third-order valence-electron chi connectivity index (χ3n) is 2.77. The van der Waals surface area contributed by atoms with E-state index in [0.717, 1.165) is 18.4 Å². The van der Waals surface area contributed by atoms with Gasteiger partial charge in [0.2, 0.25) is 5.12 Å². The first kappa shape index (κ1) is 14.1. The average Bonchev–Trinajstić information content (AvgIpc) is 2.29. The predicted octanol–water partition coefficient (Wildman–Crippen LogP) is 2.31. The fourth-order valence-electron chi connectivity index (χ4n) is 1.69. The van der Waals surface area contributed by atoms with E-state index in [-0.39, 0.29) is 12.2 Å². The van der Waals surface area contributed by atoms with Gasteiger partial charge in [0.05, 0.1) is 0 Å². The number of thiol groups is 1. The van der Waals surface area contributed by atoms with Crippen LogP contribution in [0.1, 0.15) is 31.7 Å². The van der Waals surface area contributed by atoms with E-state index in [1.54, 1.807) is 24.3 Å². The number of rotatable bonds is 6. The Morgan fingerprint density at radius 1 is 1.35 bits per heavy atom. The molecule has 1 aromatic rings. The number of phenols is 1. The minimum absolute atomic E-state index is 0.169. The van der Waals surface area contributed by atoms with Crippen molar-refractivity contribution in [2.45, 2.75) is 38.2 Å². The second-order valence-corrected chi connectivity index (χ2v) is 4.69. The fraction of sp³-hybridized carbons (Fsp3) is 0.462. The standard InChI is InChI=1S/C13H18O3S/c1-2-3-8-13(16,12(15)17)9-10-4-6-11(14)7-5-10/h4-7,14,16H,2-3,8-9H2,1H3,(H,15,17). The van der Waals surface area contributed by atoms with Crippen molar-refractivity contribution < 1.29 is 15.0 Å². The van der Waals surface area contributed by atoms with Gasteiger partial charge in [-0.2, -0.15) is 0 Å². The molecule has 1 atom stereocenters. The molecule has 1 rings (SSSR count). The summed E-state index contributed by atoms with van der Waals surface area (Å²) in [5.41, 5.74) is -0.598. The van der Waals surface area contributed by atoms with Crippen LogP contribution in [0.25, 0.3) is 0 Å². The fourth-order valence-corrected chi connectivity index (χ4v) is 1.88. The lowest BCUT2D eigenvalue weighted by molar-refractivity contribution is -0.128. The van der Waals surface area contributed by atoms with Gasteiger partial charge in [-0.3, -0.25) is 4.79 Å². The van der Waals surface area contributed by atoms with Gasteiger partial charge in [0.25, 0.3) is 0 Å². The van der Waals surface area contributed by atoms with E-state index < -0.39 is 10.7 Å². The molecule has 0 aromatic heterocycles. The van der Waals surface area contributed by atoms with Gasteiger partial charge >= 0.3 is 0 Å². The van der Waals surface area contributed by atoms with Gasteiger partial charge in [0.1, 0.15) is 11.4 Å². The zero-order valence-corrected chi connectivity index (χ0v) is 10.8. The monoisotopic (exact) mass is 254 g/mol. The summed E-state index contributed by atoms with van der Waals surface area (Å²) in [7, 11) is 0. The molecular formula is C13H18O3S. The predicted molar refractivity (Wildman–Crippen MR) is 70.3 cm³/mol. The molecule has 0 saturated carbocycles. The van der Waals surface area contributed by atoms with E-state index in [4.69, 9.17) is 5.11 Å². The smallest absolute Gasteiger partial charge is 0.217 e. The number of benzene rings is 1. The third kappa shape index (κ3) is 4.06. The van der Waals surface area contributed by atoms with Crippen molar-refractivity contribution in [3.63, 3.8) is 0 Å². The number of phenolic OH excluding ortho intramolecular Hbond substituents is 1. The summed E-state index contributed by atoms with van der Waals surface area (Å²) in [4.78, 5) is 11.4. The van der Waals surface area contributed by atoms with Crippen LogP contribution in [0.15, 0.2) is 24.3 Å². The van der Waals surface area contributed by atoms with Crippen LogP contribution < -0.4 is 0 Å². The van der Waals surface area contributed by atoms with Crippen LogP contribution in [0.5, 0.6) is 5.75 Å². The molecule has 0 aliphatic carbocycles. The van der Waals surface area contributed by atoms with Gasteiger partial charge in [-0.05, 0) is 24.1 Å². The number of hydrogen-bond acceptors (Lipinski definition) is 3. The van der Waals surface area contributed by atoms with Crippen molar-refractivity contribution in [1.82, 2.24) is 0 Å².